The van der Waals surface area contributed by atoms with Crippen LogP contribution in [0.25, 0.3) is 33.2 Å². The summed E-state index contributed by atoms with van der Waals surface area (Å²) in [5.41, 5.74) is 4.10. The SMILES string of the molecule is CCn1c2ccccc2c2cc(NC(=O)CSc3nnc(-c4ccncc4)n3C)ccc21. The number of nitrogens with zero attached hydrogens (tertiary/aromatic N) is 5. The quantitative estimate of drug-likeness (QED) is 0.385. The zero-order chi connectivity index (χ0) is 22.1. The molecule has 0 fully saturated rings. The summed E-state index contributed by atoms with van der Waals surface area (Å²) >= 11 is 1.36. The zero-order valence-corrected chi connectivity index (χ0v) is 18.6. The second-order valence-electron chi connectivity index (χ2n) is 7.43. The van der Waals surface area contributed by atoms with Crippen LogP contribution in [-0.2, 0) is 18.4 Å². The number of anilines is 1. The first-order chi connectivity index (χ1) is 15.7. The highest BCUT2D eigenvalue weighted by Crippen LogP contribution is 2.31. The number of hydrogen-bond acceptors (Lipinski definition) is 5. The van der Waals surface area contributed by atoms with Crippen molar-refractivity contribution < 1.29 is 4.79 Å². The van der Waals surface area contributed by atoms with Crippen LogP contribution < -0.4 is 5.32 Å². The van der Waals surface area contributed by atoms with E-state index in [0.29, 0.717) is 5.16 Å². The number of carbonyl (C=O) groups is 1. The summed E-state index contributed by atoms with van der Waals surface area (Å²) in [6.45, 7) is 3.04. The van der Waals surface area contributed by atoms with E-state index in [-0.39, 0.29) is 11.7 Å². The van der Waals surface area contributed by atoms with Crippen LogP contribution in [0, 0.1) is 0 Å². The Morgan fingerprint density at radius 3 is 2.59 bits per heavy atom. The standard InChI is InChI=1S/C24H22N6OS/c1-3-30-20-7-5-4-6-18(20)19-14-17(8-9-21(19)30)26-22(31)15-32-24-28-27-23(29(24)2)16-10-12-25-13-11-16/h4-14H,3,15H2,1-2H3,(H,26,31). The molecule has 0 saturated carbocycles. The van der Waals surface area contributed by atoms with Gasteiger partial charge in [-0.05, 0) is 43.3 Å². The molecule has 0 unspecified atom stereocenters. The van der Waals surface area contributed by atoms with E-state index in [1.165, 1.54) is 28.2 Å². The van der Waals surface area contributed by atoms with Crippen LogP contribution in [-0.4, -0.2) is 36.0 Å². The summed E-state index contributed by atoms with van der Waals surface area (Å²) in [5, 5.41) is 14.5. The van der Waals surface area contributed by atoms with Crippen molar-refractivity contribution in [2.75, 3.05) is 11.1 Å². The molecule has 7 nitrogen and oxygen atoms in total. The van der Waals surface area contributed by atoms with Gasteiger partial charge >= 0.3 is 0 Å². The van der Waals surface area contributed by atoms with Crippen LogP contribution in [0.15, 0.2) is 72.1 Å². The minimum atomic E-state index is -0.0814. The van der Waals surface area contributed by atoms with Crippen molar-refractivity contribution in [2.45, 2.75) is 18.6 Å². The molecule has 3 heterocycles. The van der Waals surface area contributed by atoms with Crippen molar-refractivity contribution in [1.29, 1.82) is 0 Å². The highest BCUT2D eigenvalue weighted by atomic mass is 32.2. The van der Waals surface area contributed by atoms with Crippen LogP contribution in [0.2, 0.25) is 0 Å². The maximum atomic E-state index is 12.6. The summed E-state index contributed by atoms with van der Waals surface area (Å²) in [7, 11) is 1.90. The second-order valence-corrected chi connectivity index (χ2v) is 8.37. The van der Waals surface area contributed by atoms with Gasteiger partial charge in [0, 0.05) is 59.0 Å². The van der Waals surface area contributed by atoms with Gasteiger partial charge in [-0.15, -0.1) is 10.2 Å². The second kappa shape index (κ2) is 8.47. The third kappa shape index (κ3) is 3.62. The first-order valence-electron chi connectivity index (χ1n) is 10.4. The molecular weight excluding hydrogens is 420 g/mol. The van der Waals surface area contributed by atoms with Crippen molar-refractivity contribution >= 4 is 45.2 Å². The lowest BCUT2D eigenvalue weighted by Crippen LogP contribution is -2.14. The molecular formula is C24H22N6OS. The Bertz CT molecular complexity index is 1420. The number of para-hydroxylation sites is 1. The highest BCUT2D eigenvalue weighted by molar-refractivity contribution is 7.99. The Labute approximate surface area is 189 Å². The highest BCUT2D eigenvalue weighted by Gasteiger charge is 2.14. The molecule has 5 aromatic rings. The Hall–Kier alpha value is -3.65. The monoisotopic (exact) mass is 442 g/mol. The molecule has 32 heavy (non-hydrogen) atoms. The molecule has 0 atom stereocenters. The molecule has 0 aliphatic rings. The minimum Gasteiger partial charge on any atom is -0.341 e. The molecule has 160 valence electrons. The van der Waals surface area contributed by atoms with E-state index >= 15 is 0 Å². The average Bonchev–Trinajstić information content (AvgIpc) is 3.35. The van der Waals surface area contributed by atoms with Crippen LogP contribution in [0.1, 0.15) is 6.92 Å². The van der Waals surface area contributed by atoms with Gasteiger partial charge < -0.3 is 14.5 Å². The first-order valence-corrected chi connectivity index (χ1v) is 11.4. The Morgan fingerprint density at radius 2 is 1.78 bits per heavy atom. The molecule has 0 bridgehead atoms. The first kappa shape index (κ1) is 20.3. The van der Waals surface area contributed by atoms with Gasteiger partial charge in [0.1, 0.15) is 0 Å². The number of benzene rings is 2. The molecule has 0 saturated heterocycles. The Morgan fingerprint density at radius 1 is 1.00 bits per heavy atom. The van der Waals surface area contributed by atoms with Gasteiger partial charge in [0.15, 0.2) is 11.0 Å². The van der Waals surface area contributed by atoms with Gasteiger partial charge in [-0.25, -0.2) is 0 Å². The number of rotatable bonds is 6. The third-order valence-electron chi connectivity index (χ3n) is 5.48. The van der Waals surface area contributed by atoms with E-state index in [0.717, 1.165) is 29.0 Å². The number of pyridine rings is 1. The van der Waals surface area contributed by atoms with Gasteiger partial charge in [-0.3, -0.25) is 9.78 Å². The number of aryl methyl sites for hydroxylation is 1. The van der Waals surface area contributed by atoms with Crippen molar-refractivity contribution in [3.05, 3.63) is 67.0 Å². The lowest BCUT2D eigenvalue weighted by molar-refractivity contribution is -0.113. The summed E-state index contributed by atoms with van der Waals surface area (Å²) in [5.74, 6) is 0.909. The van der Waals surface area contributed by atoms with Crippen molar-refractivity contribution in [3.63, 3.8) is 0 Å². The summed E-state index contributed by atoms with van der Waals surface area (Å²) in [6, 6.07) is 18.2. The van der Waals surface area contributed by atoms with E-state index in [1.807, 2.05) is 35.9 Å². The largest absolute Gasteiger partial charge is 0.341 e. The van der Waals surface area contributed by atoms with E-state index in [2.05, 4.69) is 62.3 Å². The third-order valence-corrected chi connectivity index (χ3v) is 6.50. The summed E-state index contributed by atoms with van der Waals surface area (Å²) < 4.78 is 4.18. The lowest BCUT2D eigenvalue weighted by Gasteiger charge is -2.07. The molecule has 3 aromatic heterocycles. The number of aromatic nitrogens is 5. The molecule has 0 radical (unpaired) electrons. The normalized spacial score (nSPS) is 11.3. The van der Waals surface area contributed by atoms with Crippen LogP contribution in [0.3, 0.4) is 0 Å². The average molecular weight is 443 g/mol. The number of fused-ring (bicyclic) bond motifs is 3. The number of carbonyl (C=O) groups excluding carboxylic acids is 1. The molecule has 1 N–H and O–H groups in total. The van der Waals surface area contributed by atoms with Gasteiger partial charge in [0.05, 0.1) is 5.75 Å². The molecule has 0 spiro atoms. The number of thioether (sulfide) groups is 1. The summed E-state index contributed by atoms with van der Waals surface area (Å²) in [6.07, 6.45) is 3.44. The van der Waals surface area contributed by atoms with Gasteiger partial charge in [-0.1, -0.05) is 30.0 Å². The van der Waals surface area contributed by atoms with E-state index < -0.39 is 0 Å². The van der Waals surface area contributed by atoms with Crippen LogP contribution in [0.4, 0.5) is 5.69 Å². The zero-order valence-electron chi connectivity index (χ0n) is 17.8. The van der Waals surface area contributed by atoms with E-state index in [4.69, 9.17) is 0 Å². The van der Waals surface area contributed by atoms with Crippen molar-refractivity contribution in [2.24, 2.45) is 7.05 Å². The van der Waals surface area contributed by atoms with E-state index in [9.17, 15) is 4.79 Å². The molecule has 0 aliphatic carbocycles. The molecule has 1 amide bonds. The van der Waals surface area contributed by atoms with Gasteiger partial charge in [-0.2, -0.15) is 0 Å². The summed E-state index contributed by atoms with van der Waals surface area (Å²) in [4.78, 5) is 16.7. The Kier molecular flexibility index (Phi) is 5.36. The maximum Gasteiger partial charge on any atom is 0.234 e. The molecule has 5 rings (SSSR count). The fourth-order valence-corrected chi connectivity index (χ4v) is 4.70. The van der Waals surface area contributed by atoms with Crippen molar-refractivity contribution in [3.8, 4) is 11.4 Å². The maximum absolute atomic E-state index is 12.6. The Balaban J connectivity index is 1.32. The number of nitrogens with one attached hydrogen (secondary N) is 1. The molecule has 2 aromatic carbocycles. The topological polar surface area (TPSA) is 77.6 Å². The van der Waals surface area contributed by atoms with Gasteiger partial charge in [0.2, 0.25) is 5.91 Å². The minimum absolute atomic E-state index is 0.0814. The lowest BCUT2D eigenvalue weighted by atomic mass is 10.1. The smallest absolute Gasteiger partial charge is 0.234 e. The van der Waals surface area contributed by atoms with E-state index in [1.54, 1.807) is 12.4 Å². The van der Waals surface area contributed by atoms with Crippen LogP contribution in [0.5, 0.6) is 0 Å². The predicted octanol–water partition coefficient (Wildman–Crippen LogP) is 4.74. The molecule has 8 heteroatoms. The molecule has 0 aliphatic heterocycles. The van der Waals surface area contributed by atoms with Gasteiger partial charge in [0.25, 0.3) is 0 Å². The number of amides is 1. The van der Waals surface area contributed by atoms with Crippen molar-refractivity contribution in [1.82, 2.24) is 24.3 Å². The predicted molar refractivity (Wildman–Crippen MR) is 129 cm³/mol. The fourth-order valence-electron chi connectivity index (χ4n) is 3.99. The number of hydrogen-bond donors (Lipinski definition) is 1. The van der Waals surface area contributed by atoms with Crippen LogP contribution >= 0.6 is 11.8 Å². The fraction of sp³-hybridized carbons (Fsp3) is 0.167.